The Morgan fingerprint density at radius 1 is 1.27 bits per heavy atom. The highest BCUT2D eigenvalue weighted by molar-refractivity contribution is 7.90. The highest BCUT2D eigenvalue weighted by atomic mass is 32.2. The van der Waals surface area contributed by atoms with Crippen LogP contribution in [0.2, 0.25) is 0 Å². The molecule has 1 atom stereocenters. The maximum Gasteiger partial charge on any atom is 0.332 e. The minimum Gasteiger partial charge on any atom is -0.460 e. The van der Waals surface area contributed by atoms with Crippen molar-refractivity contribution in [3.8, 4) is 5.75 Å². The van der Waals surface area contributed by atoms with Crippen molar-refractivity contribution in [2.24, 2.45) is 0 Å². The molecule has 1 rings (SSSR count). The van der Waals surface area contributed by atoms with Crippen LogP contribution in [0, 0.1) is 0 Å². The van der Waals surface area contributed by atoms with Crippen molar-refractivity contribution in [2.45, 2.75) is 38.8 Å². The van der Waals surface area contributed by atoms with Gasteiger partial charge in [-0.25, -0.2) is 0 Å². The van der Waals surface area contributed by atoms with Crippen molar-refractivity contribution in [2.75, 3.05) is 0 Å². The Kier molecular flexibility index (Phi) is 6.13. The van der Waals surface area contributed by atoms with Gasteiger partial charge in [-0.15, -0.1) is 0 Å². The number of carbonyl (C=O) groups excluding carboxylic acids is 1. The van der Waals surface area contributed by atoms with Crippen molar-refractivity contribution in [3.63, 3.8) is 0 Å². The first-order valence-corrected chi connectivity index (χ1v) is 8.27. The summed E-state index contributed by atoms with van der Waals surface area (Å²) in [5.74, 6) is -0.210. The molecule has 7 heteroatoms. The Balaban J connectivity index is 2.57. The Bertz CT molecular complexity index is 617. The Labute approximate surface area is 131 Å². The summed E-state index contributed by atoms with van der Waals surface area (Å²) in [5, 5.41) is 0.905. The average molecular weight is 328 g/mol. The summed E-state index contributed by atoms with van der Waals surface area (Å²) in [5.41, 5.74) is 3.13. The molecule has 0 saturated carbocycles. The van der Waals surface area contributed by atoms with Gasteiger partial charge in [0.2, 0.25) is 0 Å². The molecule has 3 N–H and O–H groups in total. The van der Waals surface area contributed by atoms with E-state index in [-0.39, 0.29) is 12.2 Å². The topological polar surface area (TPSA) is 97.3 Å². The van der Waals surface area contributed by atoms with Gasteiger partial charge in [-0.1, -0.05) is 18.2 Å². The predicted molar refractivity (Wildman–Crippen MR) is 82.3 cm³/mol. The zero-order chi connectivity index (χ0) is 16.8. The number of hydrogen-bond donors (Lipinski definition) is 1. The molecule has 0 radical (unpaired) electrons. The number of esters is 1. The van der Waals surface area contributed by atoms with Crippen molar-refractivity contribution in [1.82, 2.24) is 0 Å². The van der Waals surface area contributed by atoms with Crippen LogP contribution in [0.1, 0.15) is 27.2 Å². The number of benzene rings is 1. The van der Waals surface area contributed by atoms with Crippen LogP contribution in [0.4, 0.5) is 0 Å². The zero-order valence-corrected chi connectivity index (χ0v) is 13.8. The van der Waals surface area contributed by atoms with Gasteiger partial charge in [0.05, 0.1) is 5.41 Å². The molecule has 0 aliphatic rings. The second kappa shape index (κ2) is 7.42. The quantitative estimate of drug-likeness (QED) is 0.626. The molecule has 22 heavy (non-hydrogen) atoms. The van der Waals surface area contributed by atoms with Gasteiger partial charge in [0, 0.05) is 0 Å². The van der Waals surface area contributed by atoms with E-state index in [1.165, 1.54) is 18.2 Å². The summed E-state index contributed by atoms with van der Waals surface area (Å²) >= 11 is 0. The summed E-state index contributed by atoms with van der Waals surface area (Å²) in [6.07, 6.45) is 1.30. The maximum absolute atomic E-state index is 11.8. The molecular weight excluding hydrogens is 306 g/mol. The van der Waals surface area contributed by atoms with Gasteiger partial charge in [0.25, 0.3) is 0 Å². The fourth-order valence-electron chi connectivity index (χ4n) is 1.51. The molecule has 0 aliphatic heterocycles. The van der Waals surface area contributed by atoms with E-state index in [1.54, 1.807) is 39.0 Å². The Morgan fingerprint density at radius 2 is 1.86 bits per heavy atom. The Morgan fingerprint density at radius 3 is 2.41 bits per heavy atom. The van der Waals surface area contributed by atoms with Gasteiger partial charge in [0.1, 0.15) is 23.8 Å². The van der Waals surface area contributed by atoms with Crippen LogP contribution in [0.15, 0.2) is 41.8 Å². The number of hydrogen-bond acceptors (Lipinski definition) is 5. The summed E-state index contributed by atoms with van der Waals surface area (Å²) < 4.78 is 33.6. The van der Waals surface area contributed by atoms with Crippen LogP contribution in [-0.2, 0) is 19.6 Å². The van der Waals surface area contributed by atoms with Gasteiger partial charge < -0.3 is 14.7 Å². The first-order valence-electron chi connectivity index (χ1n) is 6.80. The van der Waals surface area contributed by atoms with E-state index in [9.17, 15) is 13.2 Å². The predicted octanol–water partition coefficient (Wildman–Crippen LogP) is 1.25. The number of quaternary nitrogens is 1. The lowest BCUT2D eigenvalue weighted by atomic mass is 10.2. The molecule has 0 spiro atoms. The second-order valence-electron chi connectivity index (χ2n) is 5.77. The van der Waals surface area contributed by atoms with Crippen LogP contribution in [0.25, 0.3) is 0 Å². The zero-order valence-electron chi connectivity index (χ0n) is 13.0. The van der Waals surface area contributed by atoms with Crippen LogP contribution in [-0.4, -0.2) is 26.0 Å². The van der Waals surface area contributed by atoms with E-state index in [4.69, 9.17) is 8.92 Å². The minimum absolute atomic E-state index is 0.00533. The fraction of sp³-hybridized carbons (Fsp3) is 0.400. The molecule has 0 aromatic heterocycles. The molecule has 0 aliphatic carbocycles. The fourth-order valence-corrected chi connectivity index (χ4v) is 2.36. The molecule has 0 fully saturated rings. The molecule has 0 amide bonds. The SMILES string of the molecule is CC(C)(C)OC(=O)C[C@H]([NH3+])/C=C/S(=O)(=O)Oc1ccccc1. The lowest BCUT2D eigenvalue weighted by Crippen LogP contribution is -2.60. The maximum atomic E-state index is 11.8. The van der Waals surface area contributed by atoms with Gasteiger partial charge in [-0.2, -0.15) is 8.42 Å². The van der Waals surface area contributed by atoms with Crippen molar-refractivity contribution in [3.05, 3.63) is 41.8 Å². The minimum atomic E-state index is -3.87. The normalized spacial score (nSPS) is 13.8. The average Bonchev–Trinajstić information content (AvgIpc) is 2.35. The lowest BCUT2D eigenvalue weighted by Gasteiger charge is -2.19. The van der Waals surface area contributed by atoms with Crippen LogP contribution in [0.3, 0.4) is 0 Å². The van der Waals surface area contributed by atoms with E-state index >= 15 is 0 Å². The summed E-state index contributed by atoms with van der Waals surface area (Å²) in [6.45, 7) is 5.28. The van der Waals surface area contributed by atoms with Gasteiger partial charge in [-0.3, -0.25) is 4.79 Å². The largest absolute Gasteiger partial charge is 0.460 e. The molecule has 1 aromatic rings. The van der Waals surface area contributed by atoms with E-state index < -0.39 is 27.7 Å². The standard InChI is InChI=1S/C15H21NO5S/c1-15(2,3)20-14(17)11-12(16)9-10-22(18,19)21-13-7-5-4-6-8-13/h4-10,12H,11,16H2,1-3H3/p+1/b10-9+/t12-/m1/s1. The summed E-state index contributed by atoms with van der Waals surface area (Å²) in [4.78, 5) is 11.6. The third-order valence-corrected chi connectivity index (χ3v) is 3.24. The number of carbonyl (C=O) groups is 1. The van der Waals surface area contributed by atoms with E-state index in [2.05, 4.69) is 5.73 Å². The number of rotatable bonds is 6. The Hall–Kier alpha value is -1.86. The monoisotopic (exact) mass is 328 g/mol. The molecule has 6 nitrogen and oxygen atoms in total. The lowest BCUT2D eigenvalue weighted by molar-refractivity contribution is -0.402. The summed E-state index contributed by atoms with van der Waals surface area (Å²) in [7, 11) is -3.87. The van der Waals surface area contributed by atoms with Crippen LogP contribution >= 0.6 is 0 Å². The van der Waals surface area contributed by atoms with Crippen LogP contribution < -0.4 is 9.92 Å². The first-order chi connectivity index (χ1) is 10.1. The third kappa shape index (κ3) is 7.80. The molecular formula is C15H22NO5S+. The second-order valence-corrected chi connectivity index (χ2v) is 7.19. The molecule has 0 bridgehead atoms. The highest BCUT2D eigenvalue weighted by Crippen LogP contribution is 2.13. The molecule has 0 saturated heterocycles. The van der Waals surface area contributed by atoms with Gasteiger partial charge in [0.15, 0.2) is 0 Å². The highest BCUT2D eigenvalue weighted by Gasteiger charge is 2.19. The van der Waals surface area contributed by atoms with E-state index in [0.29, 0.717) is 0 Å². The van der Waals surface area contributed by atoms with Gasteiger partial charge >= 0.3 is 16.1 Å². The summed E-state index contributed by atoms with van der Waals surface area (Å²) in [6, 6.07) is 7.63. The molecule has 0 heterocycles. The first kappa shape index (κ1) is 18.2. The number of para-hydroxylation sites is 1. The van der Waals surface area contributed by atoms with Gasteiger partial charge in [-0.05, 0) is 39.0 Å². The van der Waals surface area contributed by atoms with Crippen LogP contribution in [0.5, 0.6) is 5.75 Å². The number of ether oxygens (including phenoxy) is 1. The van der Waals surface area contributed by atoms with E-state index in [0.717, 1.165) is 5.41 Å². The van der Waals surface area contributed by atoms with Crippen molar-refractivity contribution < 1.29 is 27.9 Å². The van der Waals surface area contributed by atoms with Crippen molar-refractivity contribution >= 4 is 16.1 Å². The molecule has 0 unspecified atom stereocenters. The van der Waals surface area contributed by atoms with E-state index in [1.807, 2.05) is 0 Å². The molecule has 122 valence electrons. The van der Waals surface area contributed by atoms with Crippen molar-refractivity contribution in [1.29, 1.82) is 0 Å². The third-order valence-electron chi connectivity index (χ3n) is 2.32. The smallest absolute Gasteiger partial charge is 0.332 e. The molecule has 1 aromatic carbocycles.